The standard InChI is InChI=1S/C26H53N2O4PSi/c1-16-31-23(29)21-22(24(30)32-25(10,11)12)26(21,34(13,14)15)33(27(17(2)3)18(4)5)28(19(6)7)20(8)9/h17-22H,16H2,1-15H3/t21-,22-,26-/m1/s1. The molecule has 34 heavy (non-hydrogen) atoms. The van der Waals surface area contributed by atoms with E-state index in [-0.39, 0.29) is 36.1 Å². The molecule has 1 aliphatic rings. The molecule has 0 saturated heterocycles. The Morgan fingerprint density at radius 3 is 1.44 bits per heavy atom. The Morgan fingerprint density at radius 1 is 0.824 bits per heavy atom. The van der Waals surface area contributed by atoms with Gasteiger partial charge in [0.2, 0.25) is 0 Å². The van der Waals surface area contributed by atoms with E-state index in [4.69, 9.17) is 9.47 Å². The molecule has 0 unspecified atom stereocenters. The SMILES string of the molecule is CCOC(=O)[C@H]1[C@H](C(=O)OC(C)(C)C)[C@]1(P(N(C(C)C)C(C)C)N(C(C)C)C(C)C)[Si](C)(C)C. The Morgan fingerprint density at radius 2 is 1.18 bits per heavy atom. The average Bonchev–Trinajstić information content (AvgIpc) is 3.30. The third-order valence-corrected chi connectivity index (χ3v) is 16.0. The molecule has 0 spiro atoms. The van der Waals surface area contributed by atoms with Gasteiger partial charge >= 0.3 is 11.9 Å². The maximum absolute atomic E-state index is 13.8. The van der Waals surface area contributed by atoms with Gasteiger partial charge in [-0.15, -0.1) is 0 Å². The molecule has 0 heterocycles. The molecule has 0 aromatic rings. The minimum atomic E-state index is -2.16. The summed E-state index contributed by atoms with van der Waals surface area (Å²) in [4.78, 5) is 27.3. The number of nitrogens with zero attached hydrogens (tertiary/aromatic N) is 2. The van der Waals surface area contributed by atoms with Gasteiger partial charge in [-0.2, -0.15) is 0 Å². The number of esters is 2. The molecule has 0 N–H and O–H groups in total. The Kier molecular flexibility index (Phi) is 10.5. The highest BCUT2D eigenvalue weighted by atomic mass is 31.1. The molecule has 200 valence electrons. The number of carbonyl (C=O) groups is 2. The quantitative estimate of drug-likeness (QED) is 0.182. The first kappa shape index (κ1) is 31.5. The van der Waals surface area contributed by atoms with Crippen LogP contribution in [0.5, 0.6) is 0 Å². The second-order valence-corrected chi connectivity index (χ2v) is 20.7. The van der Waals surface area contributed by atoms with Crippen LogP contribution in [-0.2, 0) is 19.1 Å². The summed E-state index contributed by atoms with van der Waals surface area (Å²) in [7, 11) is -3.19. The van der Waals surface area contributed by atoms with Crippen molar-refractivity contribution in [2.75, 3.05) is 6.61 Å². The van der Waals surface area contributed by atoms with Crippen molar-refractivity contribution in [2.45, 2.75) is 137 Å². The lowest BCUT2D eigenvalue weighted by Gasteiger charge is -2.54. The fraction of sp³-hybridized carbons (Fsp3) is 0.923. The largest absolute Gasteiger partial charge is 0.466 e. The molecule has 0 aliphatic heterocycles. The van der Waals surface area contributed by atoms with E-state index in [0.717, 1.165) is 0 Å². The zero-order valence-electron chi connectivity index (χ0n) is 24.6. The van der Waals surface area contributed by atoms with Crippen molar-refractivity contribution in [3.8, 4) is 0 Å². The molecule has 0 radical (unpaired) electrons. The van der Waals surface area contributed by atoms with Crippen LogP contribution < -0.4 is 0 Å². The van der Waals surface area contributed by atoms with Crippen LogP contribution in [0.4, 0.5) is 0 Å². The fourth-order valence-electron chi connectivity index (χ4n) is 5.65. The van der Waals surface area contributed by atoms with Gasteiger partial charge in [-0.1, -0.05) is 19.6 Å². The highest BCUT2D eigenvalue weighted by Gasteiger charge is 2.82. The number of ether oxygens (including phenoxy) is 2. The van der Waals surface area contributed by atoms with Crippen LogP contribution in [0.25, 0.3) is 0 Å². The molecule has 0 amide bonds. The van der Waals surface area contributed by atoms with Gasteiger partial charge in [-0.25, -0.2) is 0 Å². The first-order chi connectivity index (χ1) is 15.3. The highest BCUT2D eigenvalue weighted by molar-refractivity contribution is 7.59. The monoisotopic (exact) mass is 516 g/mol. The van der Waals surface area contributed by atoms with Crippen LogP contribution in [0, 0.1) is 11.8 Å². The first-order valence-electron chi connectivity index (χ1n) is 13.0. The minimum Gasteiger partial charge on any atom is -0.466 e. The molecule has 6 nitrogen and oxygen atoms in total. The second-order valence-electron chi connectivity index (χ2n) is 12.7. The lowest BCUT2D eigenvalue weighted by molar-refractivity contribution is -0.159. The van der Waals surface area contributed by atoms with Crippen LogP contribution in [0.1, 0.15) is 83.1 Å². The summed E-state index contributed by atoms with van der Waals surface area (Å²) in [6, 6.07) is 1.06. The molecule has 0 bridgehead atoms. The van der Waals surface area contributed by atoms with E-state index < -0.39 is 38.5 Å². The van der Waals surface area contributed by atoms with E-state index in [1.807, 2.05) is 27.7 Å². The molecule has 0 aromatic carbocycles. The summed E-state index contributed by atoms with van der Waals surface area (Å²) in [6.45, 7) is 32.7. The average molecular weight is 517 g/mol. The van der Waals surface area contributed by atoms with Crippen LogP contribution in [0.3, 0.4) is 0 Å². The summed E-state index contributed by atoms with van der Waals surface area (Å²) in [5, 5.41) is 0. The number of hydrogen-bond acceptors (Lipinski definition) is 6. The summed E-state index contributed by atoms with van der Waals surface area (Å²) in [5.41, 5.74) is -0.613. The van der Waals surface area contributed by atoms with Crippen LogP contribution in [0.15, 0.2) is 0 Å². The van der Waals surface area contributed by atoms with Gasteiger partial charge in [-0.3, -0.25) is 18.9 Å². The minimum absolute atomic E-state index is 0.242. The lowest BCUT2D eigenvalue weighted by Crippen LogP contribution is -2.55. The molecule has 3 atom stereocenters. The second kappa shape index (κ2) is 11.3. The Hall–Kier alpha value is -0.493. The molecule has 8 heteroatoms. The smallest absolute Gasteiger partial charge is 0.311 e. The predicted octanol–water partition coefficient (Wildman–Crippen LogP) is 6.30. The predicted molar refractivity (Wildman–Crippen MR) is 147 cm³/mol. The fourth-order valence-corrected chi connectivity index (χ4v) is 14.8. The van der Waals surface area contributed by atoms with Crippen LogP contribution in [0.2, 0.25) is 19.6 Å². The van der Waals surface area contributed by atoms with Gasteiger partial charge in [0.25, 0.3) is 0 Å². The van der Waals surface area contributed by atoms with Gasteiger partial charge in [0.15, 0.2) is 0 Å². The van der Waals surface area contributed by atoms with E-state index in [1.165, 1.54) is 0 Å². The Labute approximate surface area is 212 Å². The van der Waals surface area contributed by atoms with Crippen molar-refractivity contribution in [3.63, 3.8) is 0 Å². The molecular weight excluding hydrogens is 463 g/mol. The van der Waals surface area contributed by atoms with Crippen molar-refractivity contribution in [1.29, 1.82) is 0 Å². The summed E-state index contributed by atoms with van der Waals surface area (Å²) in [6.07, 6.45) is 0. The zero-order chi connectivity index (χ0) is 27.0. The van der Waals surface area contributed by atoms with E-state index in [9.17, 15) is 9.59 Å². The summed E-state index contributed by atoms with van der Waals surface area (Å²) in [5.74, 6) is -1.45. The molecule has 1 rings (SSSR count). The molecular formula is C26H53N2O4PSi. The van der Waals surface area contributed by atoms with Crippen molar-refractivity contribution in [1.82, 2.24) is 9.34 Å². The Balaban J connectivity index is 4.01. The van der Waals surface area contributed by atoms with Crippen molar-refractivity contribution in [3.05, 3.63) is 0 Å². The van der Waals surface area contributed by atoms with Crippen LogP contribution in [-0.4, -0.2) is 70.5 Å². The van der Waals surface area contributed by atoms with E-state index in [1.54, 1.807) is 0 Å². The van der Waals surface area contributed by atoms with Gasteiger partial charge in [-0.05, 0) is 83.1 Å². The topological polar surface area (TPSA) is 59.1 Å². The molecule has 0 aromatic heterocycles. The van der Waals surface area contributed by atoms with E-state index >= 15 is 0 Å². The zero-order valence-corrected chi connectivity index (χ0v) is 26.5. The third-order valence-electron chi connectivity index (χ3n) is 6.46. The Bertz CT molecular complexity index is 679. The lowest BCUT2D eigenvalue weighted by atomic mass is 10.2. The van der Waals surface area contributed by atoms with Gasteiger partial charge in [0, 0.05) is 37.2 Å². The maximum Gasteiger partial charge on any atom is 0.311 e. The summed E-state index contributed by atoms with van der Waals surface area (Å²) >= 11 is 0. The van der Waals surface area contributed by atoms with E-state index in [0.29, 0.717) is 6.61 Å². The molecule has 1 fully saturated rings. The first-order valence-corrected chi connectivity index (χ1v) is 17.8. The third kappa shape index (κ3) is 6.25. The molecule has 1 saturated carbocycles. The number of rotatable bonds is 11. The van der Waals surface area contributed by atoms with Crippen molar-refractivity contribution in [2.24, 2.45) is 11.8 Å². The van der Waals surface area contributed by atoms with Crippen molar-refractivity contribution >= 4 is 28.2 Å². The maximum atomic E-state index is 13.8. The van der Waals surface area contributed by atoms with Crippen LogP contribution >= 0.6 is 8.22 Å². The normalized spacial score (nSPS) is 23.7. The van der Waals surface area contributed by atoms with Crippen molar-refractivity contribution < 1.29 is 19.1 Å². The highest BCUT2D eigenvalue weighted by Crippen LogP contribution is 2.78. The van der Waals surface area contributed by atoms with Gasteiger partial charge in [0.1, 0.15) is 5.60 Å². The van der Waals surface area contributed by atoms with Gasteiger partial charge < -0.3 is 9.47 Å². The van der Waals surface area contributed by atoms with Gasteiger partial charge in [0.05, 0.1) is 26.5 Å². The van der Waals surface area contributed by atoms with E-state index in [2.05, 4.69) is 84.4 Å². The number of hydrogen-bond donors (Lipinski definition) is 0. The summed E-state index contributed by atoms with van der Waals surface area (Å²) < 4.78 is 16.3. The molecule has 1 aliphatic carbocycles. The number of carbonyl (C=O) groups excluding carboxylic acids is 2.